The van der Waals surface area contributed by atoms with Crippen molar-refractivity contribution in [1.29, 1.82) is 0 Å². The van der Waals surface area contributed by atoms with E-state index >= 15 is 0 Å². The van der Waals surface area contributed by atoms with E-state index in [1.54, 1.807) is 6.08 Å². The Balaban J connectivity index is 2.05. The molecule has 1 aliphatic rings. The molecule has 1 aliphatic heterocycles. The van der Waals surface area contributed by atoms with Crippen LogP contribution in [-0.2, 0) is 14.3 Å². The average molecular weight is 1190 g/mol. The summed E-state index contributed by atoms with van der Waals surface area (Å²) in [6.45, 7) is 3.81. The second-order valence-electron chi connectivity index (χ2n) is 26.1. The average Bonchev–Trinajstić information content (AvgIpc) is 3.69. The number of allylic oxidation sites excluding steroid dienone is 5. The second kappa shape index (κ2) is 64.4. The molecule has 0 aliphatic carbocycles. The van der Waals surface area contributed by atoms with Crippen molar-refractivity contribution in [3.8, 4) is 0 Å². The predicted octanol–water partition coefficient (Wildman–Crippen LogP) is 20.6. The van der Waals surface area contributed by atoms with Crippen molar-refractivity contribution in [3.05, 3.63) is 36.5 Å². The molecule has 0 bridgehead atoms. The van der Waals surface area contributed by atoms with Crippen molar-refractivity contribution in [1.82, 2.24) is 5.32 Å². The number of rotatable bonds is 66. The lowest BCUT2D eigenvalue weighted by Gasteiger charge is -2.40. The highest BCUT2D eigenvalue weighted by Crippen LogP contribution is 2.24. The molecule has 0 radical (unpaired) electrons. The van der Waals surface area contributed by atoms with Gasteiger partial charge in [0.15, 0.2) is 6.29 Å². The molecule has 6 N–H and O–H groups in total. The zero-order chi connectivity index (χ0) is 60.7. The molecule has 0 spiro atoms. The van der Waals surface area contributed by atoms with E-state index < -0.39 is 49.5 Å². The molecule has 496 valence electrons. The maximum atomic E-state index is 13.1. The Labute approximate surface area is 521 Å². The second-order valence-corrected chi connectivity index (χ2v) is 26.1. The number of aliphatic hydroxyl groups is 5. The molecule has 0 aromatic carbocycles. The molecule has 1 heterocycles. The summed E-state index contributed by atoms with van der Waals surface area (Å²) < 4.78 is 11.3. The van der Waals surface area contributed by atoms with Gasteiger partial charge in [-0.05, 0) is 44.9 Å². The van der Waals surface area contributed by atoms with Gasteiger partial charge in [0, 0.05) is 6.42 Å². The molecule has 84 heavy (non-hydrogen) atoms. The first-order chi connectivity index (χ1) is 41.3. The van der Waals surface area contributed by atoms with E-state index in [2.05, 4.69) is 43.5 Å². The maximum Gasteiger partial charge on any atom is 0.220 e. The van der Waals surface area contributed by atoms with Crippen LogP contribution >= 0.6 is 0 Å². The minimum Gasteiger partial charge on any atom is -0.394 e. The van der Waals surface area contributed by atoms with Gasteiger partial charge >= 0.3 is 0 Å². The first-order valence-electron chi connectivity index (χ1n) is 37.2. The highest BCUT2D eigenvalue weighted by Gasteiger charge is 2.44. The monoisotopic (exact) mass is 1190 g/mol. The molecule has 9 heteroatoms. The molecule has 1 amide bonds. The Kier molecular flexibility index (Phi) is 61.7. The van der Waals surface area contributed by atoms with E-state index in [1.165, 1.54) is 315 Å². The van der Waals surface area contributed by atoms with Gasteiger partial charge in [-0.1, -0.05) is 365 Å². The number of carbonyl (C=O) groups is 1. The van der Waals surface area contributed by atoms with Crippen molar-refractivity contribution in [3.63, 3.8) is 0 Å². The maximum absolute atomic E-state index is 13.1. The van der Waals surface area contributed by atoms with Crippen LogP contribution in [0.25, 0.3) is 0 Å². The SMILES string of the molecule is CCCCCCCCCCCCC/C=C/CC/C=C/CC/C=C/C(O)C(COC1OC(CO)C(O)C(O)C1O)NC(=O)CCCCCCCCCCCCCCCCCCCCCCCCCCCCCCCCCCCCCCCCCC. The number of ether oxygens (including phenoxy) is 2. The van der Waals surface area contributed by atoms with Gasteiger partial charge in [0.1, 0.15) is 24.4 Å². The lowest BCUT2D eigenvalue weighted by Crippen LogP contribution is -2.60. The summed E-state index contributed by atoms with van der Waals surface area (Å²) in [4.78, 5) is 13.1. The van der Waals surface area contributed by atoms with Gasteiger partial charge in [0.2, 0.25) is 5.91 Å². The minimum absolute atomic E-state index is 0.183. The zero-order valence-electron chi connectivity index (χ0n) is 55.7. The van der Waals surface area contributed by atoms with E-state index in [4.69, 9.17) is 9.47 Å². The van der Waals surface area contributed by atoms with Crippen LogP contribution in [0, 0.1) is 0 Å². The highest BCUT2D eigenvalue weighted by atomic mass is 16.7. The highest BCUT2D eigenvalue weighted by molar-refractivity contribution is 5.76. The smallest absolute Gasteiger partial charge is 0.220 e. The largest absolute Gasteiger partial charge is 0.394 e. The first-order valence-corrected chi connectivity index (χ1v) is 37.2. The summed E-state index contributed by atoms with van der Waals surface area (Å²) in [5, 5.41) is 54.7. The number of hydrogen-bond acceptors (Lipinski definition) is 8. The summed E-state index contributed by atoms with van der Waals surface area (Å²) >= 11 is 0. The van der Waals surface area contributed by atoms with Gasteiger partial charge in [0.25, 0.3) is 0 Å². The molecule has 7 unspecified atom stereocenters. The van der Waals surface area contributed by atoms with E-state index in [1.807, 2.05) is 6.08 Å². The lowest BCUT2D eigenvalue weighted by molar-refractivity contribution is -0.302. The van der Waals surface area contributed by atoms with Gasteiger partial charge in [-0.3, -0.25) is 4.79 Å². The van der Waals surface area contributed by atoms with Crippen molar-refractivity contribution in [2.75, 3.05) is 13.2 Å². The molecule has 0 aromatic heterocycles. The number of unbranched alkanes of at least 4 members (excludes halogenated alkanes) is 52. The third-order valence-corrected chi connectivity index (χ3v) is 17.9. The van der Waals surface area contributed by atoms with Gasteiger partial charge < -0.3 is 40.3 Å². The number of carbonyl (C=O) groups excluding carboxylic acids is 1. The normalized spacial score (nSPS) is 18.3. The molecule has 1 saturated heterocycles. The first kappa shape index (κ1) is 80.4. The third kappa shape index (κ3) is 52.4. The number of hydrogen-bond donors (Lipinski definition) is 6. The van der Waals surface area contributed by atoms with Crippen LogP contribution < -0.4 is 5.32 Å². The summed E-state index contributed by atoms with van der Waals surface area (Å²) in [5.41, 5.74) is 0. The van der Waals surface area contributed by atoms with E-state index in [9.17, 15) is 30.3 Å². The standard InChI is InChI=1S/C75H143NO8/c1-3-5-7-9-11-13-15-17-19-21-23-25-26-27-28-29-30-31-32-33-34-35-36-37-38-39-40-41-42-43-45-47-49-51-53-55-57-59-61-63-65-71(79)76-68(67-83-75-74(82)73(81)72(80)70(66-77)84-75)69(78)64-62-60-58-56-54-52-50-48-46-44-24-22-20-18-16-14-12-10-8-6-4-2/h46,48,54,56,62,64,68-70,72-75,77-78,80-82H,3-45,47,49-53,55,57-61,63,65-67H2,1-2H3,(H,76,79)/b48-46+,56-54+,64-62+. The fraction of sp³-hybridized carbons (Fsp3) is 0.907. The molecular formula is C75H143NO8. The molecule has 9 nitrogen and oxygen atoms in total. The quantitative estimate of drug-likeness (QED) is 0.0261. The Morgan fingerprint density at radius 2 is 0.679 bits per heavy atom. The summed E-state index contributed by atoms with van der Waals surface area (Å²) in [7, 11) is 0. The Morgan fingerprint density at radius 1 is 0.393 bits per heavy atom. The van der Waals surface area contributed by atoms with Crippen LogP contribution in [0.5, 0.6) is 0 Å². The van der Waals surface area contributed by atoms with Crippen LogP contribution in [0.2, 0.25) is 0 Å². The zero-order valence-corrected chi connectivity index (χ0v) is 55.7. The van der Waals surface area contributed by atoms with Gasteiger partial charge in [0.05, 0.1) is 25.4 Å². The van der Waals surface area contributed by atoms with Crippen molar-refractivity contribution >= 4 is 5.91 Å². The van der Waals surface area contributed by atoms with Crippen molar-refractivity contribution in [2.24, 2.45) is 0 Å². The van der Waals surface area contributed by atoms with Crippen molar-refractivity contribution < 1.29 is 39.8 Å². The number of nitrogens with one attached hydrogen (secondary N) is 1. The van der Waals surface area contributed by atoms with Crippen LogP contribution in [0.3, 0.4) is 0 Å². The Hall–Kier alpha value is -1.59. The molecule has 1 fully saturated rings. The molecule has 7 atom stereocenters. The summed E-state index contributed by atoms with van der Waals surface area (Å²) in [6, 6.07) is -0.828. The van der Waals surface area contributed by atoms with E-state index in [-0.39, 0.29) is 12.5 Å². The Morgan fingerprint density at radius 3 is 1.00 bits per heavy atom. The van der Waals surface area contributed by atoms with Gasteiger partial charge in [-0.2, -0.15) is 0 Å². The van der Waals surface area contributed by atoms with Crippen LogP contribution in [0.15, 0.2) is 36.5 Å². The van der Waals surface area contributed by atoms with Crippen LogP contribution in [0.4, 0.5) is 0 Å². The predicted molar refractivity (Wildman–Crippen MR) is 360 cm³/mol. The topological polar surface area (TPSA) is 149 Å². The van der Waals surface area contributed by atoms with Gasteiger partial charge in [-0.15, -0.1) is 0 Å². The summed E-state index contributed by atoms with van der Waals surface area (Å²) in [5.74, 6) is -0.183. The molecule has 1 rings (SSSR count). The molecule has 0 saturated carbocycles. The fourth-order valence-electron chi connectivity index (χ4n) is 12.1. The number of aliphatic hydroxyl groups excluding tert-OH is 5. The van der Waals surface area contributed by atoms with Gasteiger partial charge in [-0.25, -0.2) is 0 Å². The van der Waals surface area contributed by atoms with E-state index in [0.717, 1.165) is 44.9 Å². The van der Waals surface area contributed by atoms with Crippen LogP contribution in [0.1, 0.15) is 380 Å². The van der Waals surface area contributed by atoms with Crippen LogP contribution in [-0.4, -0.2) is 87.5 Å². The Bertz CT molecular complexity index is 1420. The fourth-order valence-corrected chi connectivity index (χ4v) is 12.1. The van der Waals surface area contributed by atoms with E-state index in [0.29, 0.717) is 6.42 Å². The molecule has 0 aromatic rings. The van der Waals surface area contributed by atoms with Crippen molar-refractivity contribution in [2.45, 2.75) is 423 Å². The lowest BCUT2D eigenvalue weighted by atomic mass is 9.99. The number of amides is 1. The molecular weight excluding hydrogens is 1040 g/mol. The summed E-state index contributed by atoms with van der Waals surface area (Å²) in [6.07, 6.45) is 80.1. The minimum atomic E-state index is -1.57. The third-order valence-electron chi connectivity index (χ3n) is 17.9.